The lowest BCUT2D eigenvalue weighted by molar-refractivity contribution is 0.162. The molecule has 1 unspecified atom stereocenters. The Morgan fingerprint density at radius 3 is 2.79 bits per heavy atom. The Morgan fingerprint density at radius 2 is 1.90 bits per heavy atom. The van der Waals surface area contributed by atoms with E-state index in [4.69, 9.17) is 0 Å². The minimum Gasteiger partial charge on any atom is -0.388 e. The van der Waals surface area contributed by atoms with E-state index in [1.807, 2.05) is 12.4 Å². The highest BCUT2D eigenvalue weighted by molar-refractivity contribution is 7.17. The highest BCUT2D eigenvalue weighted by atomic mass is 35.5. The molecule has 0 radical (unpaired) electrons. The van der Waals surface area contributed by atoms with E-state index in [0.29, 0.717) is 6.04 Å². The fraction of sp³-hybridized carbons (Fsp3) is 0.292. The Kier molecular flexibility index (Phi) is 7.62. The van der Waals surface area contributed by atoms with Crippen LogP contribution in [0.5, 0.6) is 0 Å². The van der Waals surface area contributed by atoms with Crippen LogP contribution in [0.3, 0.4) is 0 Å². The summed E-state index contributed by atoms with van der Waals surface area (Å²) in [6.07, 6.45) is 6.20. The third-order valence-corrected chi connectivity index (χ3v) is 6.23. The Balaban J connectivity index is 0.00000240. The van der Waals surface area contributed by atoms with Gasteiger partial charge in [-0.05, 0) is 83.8 Å². The molecule has 2 N–H and O–H groups in total. The molecule has 2 aromatic carbocycles. The van der Waals surface area contributed by atoms with Gasteiger partial charge in [0, 0.05) is 35.1 Å². The summed E-state index contributed by atoms with van der Waals surface area (Å²) in [5.74, 6) is 0. The lowest BCUT2D eigenvalue weighted by atomic mass is 10.0. The fourth-order valence-electron chi connectivity index (χ4n) is 3.61. The van der Waals surface area contributed by atoms with Gasteiger partial charge in [-0.1, -0.05) is 18.2 Å². The quantitative estimate of drug-likeness (QED) is 0.350. The molecular weight excluding hydrogens is 400 g/mol. The molecule has 0 aliphatic rings. The maximum Gasteiger partial charge on any atom is 0.0790 e. The number of fused-ring (bicyclic) bond motifs is 2. The van der Waals surface area contributed by atoms with Crippen LogP contribution in [-0.2, 0) is 6.54 Å². The molecule has 2 atom stereocenters. The molecule has 0 saturated carbocycles. The summed E-state index contributed by atoms with van der Waals surface area (Å²) >= 11 is 1.74. The van der Waals surface area contributed by atoms with Crippen molar-refractivity contribution in [1.29, 1.82) is 0 Å². The first-order chi connectivity index (χ1) is 13.7. The Labute approximate surface area is 182 Å². The monoisotopic (exact) mass is 426 g/mol. The van der Waals surface area contributed by atoms with Gasteiger partial charge in [0.05, 0.1) is 6.10 Å². The summed E-state index contributed by atoms with van der Waals surface area (Å²) in [7, 11) is 0. The van der Waals surface area contributed by atoms with Gasteiger partial charge in [-0.2, -0.15) is 0 Å². The first-order valence-electron chi connectivity index (χ1n) is 9.90. The summed E-state index contributed by atoms with van der Waals surface area (Å²) in [5.41, 5.74) is 2.31. The molecule has 2 heterocycles. The molecule has 0 saturated heterocycles. The first kappa shape index (κ1) is 21.7. The number of nitrogens with zero attached hydrogens (tertiary/aromatic N) is 1. The number of aliphatic hydroxyl groups is 1. The van der Waals surface area contributed by atoms with Gasteiger partial charge in [-0.15, -0.1) is 23.7 Å². The van der Waals surface area contributed by atoms with Gasteiger partial charge in [0.1, 0.15) is 0 Å². The average Bonchev–Trinajstić information content (AvgIpc) is 3.20. The number of benzene rings is 2. The molecule has 3 nitrogen and oxygen atoms in total. The SMILES string of the molecule is C[C@H](CCCC(O)c1ccc2sccc2c1)NCc1ccc2cnccc2c1.Cl. The largest absolute Gasteiger partial charge is 0.388 e. The minimum atomic E-state index is -0.384. The molecule has 0 amide bonds. The van der Waals surface area contributed by atoms with E-state index in [2.05, 4.69) is 71.1 Å². The third kappa shape index (κ3) is 5.55. The van der Waals surface area contributed by atoms with Crippen LogP contribution in [0.25, 0.3) is 20.9 Å². The molecule has 0 fully saturated rings. The summed E-state index contributed by atoms with van der Waals surface area (Å²) in [6.45, 7) is 3.07. The smallest absolute Gasteiger partial charge is 0.0790 e. The van der Waals surface area contributed by atoms with Crippen LogP contribution in [0.2, 0.25) is 0 Å². The second-order valence-electron chi connectivity index (χ2n) is 7.50. The highest BCUT2D eigenvalue weighted by Gasteiger charge is 2.10. The predicted octanol–water partition coefficient (Wildman–Crippen LogP) is 6.25. The molecule has 0 bridgehead atoms. The topological polar surface area (TPSA) is 45.1 Å². The van der Waals surface area contributed by atoms with Crippen LogP contribution in [-0.4, -0.2) is 16.1 Å². The maximum atomic E-state index is 10.5. The number of hydrogen-bond donors (Lipinski definition) is 2. The molecule has 0 aliphatic carbocycles. The highest BCUT2D eigenvalue weighted by Crippen LogP contribution is 2.27. The number of aliphatic hydroxyl groups excluding tert-OH is 1. The zero-order chi connectivity index (χ0) is 19.3. The van der Waals surface area contributed by atoms with E-state index in [0.717, 1.165) is 31.4 Å². The van der Waals surface area contributed by atoms with E-state index < -0.39 is 0 Å². The van der Waals surface area contributed by atoms with Gasteiger partial charge in [-0.3, -0.25) is 4.98 Å². The summed E-state index contributed by atoms with van der Waals surface area (Å²) in [6, 6.07) is 17.4. The zero-order valence-corrected chi connectivity index (χ0v) is 18.2. The van der Waals surface area contributed by atoms with Gasteiger partial charge >= 0.3 is 0 Å². The molecule has 4 aromatic rings. The van der Waals surface area contributed by atoms with Crippen molar-refractivity contribution in [1.82, 2.24) is 10.3 Å². The normalized spacial score (nSPS) is 13.3. The van der Waals surface area contributed by atoms with Crippen molar-refractivity contribution < 1.29 is 5.11 Å². The number of pyridine rings is 1. The summed E-state index contributed by atoms with van der Waals surface area (Å²) < 4.78 is 1.28. The van der Waals surface area contributed by atoms with Crippen molar-refractivity contribution >= 4 is 44.6 Å². The van der Waals surface area contributed by atoms with Crippen molar-refractivity contribution in [2.45, 2.75) is 44.9 Å². The molecule has 5 heteroatoms. The van der Waals surface area contributed by atoms with Crippen molar-refractivity contribution in [2.75, 3.05) is 0 Å². The number of rotatable bonds is 8. The van der Waals surface area contributed by atoms with Gasteiger partial charge in [0.15, 0.2) is 0 Å². The number of thiophene rings is 1. The van der Waals surface area contributed by atoms with E-state index in [1.165, 1.54) is 26.4 Å². The summed E-state index contributed by atoms with van der Waals surface area (Å²) in [5, 5.41) is 19.8. The Morgan fingerprint density at radius 1 is 1.00 bits per heavy atom. The van der Waals surface area contributed by atoms with Crippen molar-refractivity contribution in [2.24, 2.45) is 0 Å². The number of halogens is 1. The molecule has 29 heavy (non-hydrogen) atoms. The lowest BCUT2D eigenvalue weighted by Gasteiger charge is -2.16. The maximum absolute atomic E-state index is 10.5. The average molecular weight is 427 g/mol. The van der Waals surface area contributed by atoms with Crippen molar-refractivity contribution in [3.8, 4) is 0 Å². The van der Waals surface area contributed by atoms with Crippen LogP contribution in [0.1, 0.15) is 43.4 Å². The second-order valence-corrected chi connectivity index (χ2v) is 8.45. The first-order valence-corrected chi connectivity index (χ1v) is 10.8. The van der Waals surface area contributed by atoms with Crippen molar-refractivity contribution in [3.63, 3.8) is 0 Å². The van der Waals surface area contributed by atoms with Crippen molar-refractivity contribution in [3.05, 3.63) is 77.4 Å². The second kappa shape index (κ2) is 10.2. The van der Waals surface area contributed by atoms with Gasteiger partial charge in [0.2, 0.25) is 0 Å². The van der Waals surface area contributed by atoms with E-state index >= 15 is 0 Å². The minimum absolute atomic E-state index is 0. The van der Waals surface area contributed by atoms with Gasteiger partial charge in [0.25, 0.3) is 0 Å². The van der Waals surface area contributed by atoms with Crippen LogP contribution >= 0.6 is 23.7 Å². The molecule has 152 valence electrons. The Bertz CT molecular complexity index is 1060. The fourth-order valence-corrected chi connectivity index (χ4v) is 4.38. The van der Waals surface area contributed by atoms with Crippen LogP contribution in [0, 0.1) is 0 Å². The zero-order valence-electron chi connectivity index (χ0n) is 16.5. The van der Waals surface area contributed by atoms with Gasteiger partial charge in [-0.25, -0.2) is 0 Å². The summed E-state index contributed by atoms with van der Waals surface area (Å²) in [4.78, 5) is 4.16. The van der Waals surface area contributed by atoms with Gasteiger partial charge < -0.3 is 10.4 Å². The molecule has 0 spiro atoms. The molecule has 4 rings (SSSR count). The number of hydrogen-bond acceptors (Lipinski definition) is 4. The van der Waals surface area contributed by atoms with E-state index in [-0.39, 0.29) is 18.5 Å². The molecular formula is C24H27ClN2OS. The molecule has 0 aliphatic heterocycles. The number of nitrogens with one attached hydrogen (secondary N) is 1. The van der Waals surface area contributed by atoms with E-state index in [1.54, 1.807) is 11.3 Å². The van der Waals surface area contributed by atoms with E-state index in [9.17, 15) is 5.11 Å². The standard InChI is InChI=1S/C24H26N2OS.ClH/c1-17(26-15-18-5-6-22-16-25-11-9-19(22)13-18)3-2-4-23(27)20-7-8-24-21(14-20)10-12-28-24;/h5-14,16-17,23,26-27H,2-4,15H2,1H3;1H/t17-,23?;/m1./s1. The third-order valence-electron chi connectivity index (χ3n) is 5.34. The predicted molar refractivity (Wildman–Crippen MR) is 126 cm³/mol. The van der Waals surface area contributed by atoms with Crippen LogP contribution in [0.15, 0.2) is 66.3 Å². The van der Waals surface area contributed by atoms with Crippen LogP contribution in [0.4, 0.5) is 0 Å². The molecule has 2 aromatic heterocycles. The Hall–Kier alpha value is -1.98. The van der Waals surface area contributed by atoms with Crippen LogP contribution < -0.4 is 5.32 Å². The lowest BCUT2D eigenvalue weighted by Crippen LogP contribution is -2.25. The number of aromatic nitrogens is 1.